The molecule has 0 fully saturated rings. The largest absolute Gasteiger partial charge is 0.460 e. The molecule has 0 atom stereocenters. The van der Waals surface area contributed by atoms with Crippen molar-refractivity contribution in [3.05, 3.63) is 30.1 Å². The number of rotatable bonds is 3. The number of pyridine rings is 1. The smallest absolute Gasteiger partial charge is 0.356 e. The molecular formula is C10H9NO2. The van der Waals surface area contributed by atoms with Crippen LogP contribution in [-0.4, -0.2) is 17.6 Å². The van der Waals surface area contributed by atoms with Crippen molar-refractivity contribution in [3.63, 3.8) is 0 Å². The van der Waals surface area contributed by atoms with Crippen molar-refractivity contribution in [1.82, 2.24) is 4.98 Å². The number of esters is 1. The molecule has 1 aromatic rings. The molecule has 0 aromatic carbocycles. The Labute approximate surface area is 76.8 Å². The molecule has 0 bridgehead atoms. The molecule has 66 valence electrons. The molecule has 13 heavy (non-hydrogen) atoms. The Balaban J connectivity index is 2.46. The first-order valence-corrected chi connectivity index (χ1v) is 3.86. The summed E-state index contributed by atoms with van der Waals surface area (Å²) in [5, 5.41) is 0. The average Bonchev–Trinajstić information content (AvgIpc) is 2.19. The summed E-state index contributed by atoms with van der Waals surface area (Å²) < 4.78 is 4.82. The van der Waals surface area contributed by atoms with Gasteiger partial charge in [0.15, 0.2) is 0 Å². The van der Waals surface area contributed by atoms with Crippen LogP contribution in [-0.2, 0) is 4.74 Å². The van der Waals surface area contributed by atoms with Crippen LogP contribution in [0.3, 0.4) is 0 Å². The van der Waals surface area contributed by atoms with Crippen molar-refractivity contribution in [3.8, 4) is 12.3 Å². The quantitative estimate of drug-likeness (QED) is 0.394. The lowest BCUT2D eigenvalue weighted by Gasteiger charge is -2.00. The highest BCUT2D eigenvalue weighted by Crippen LogP contribution is 1.96. The third-order valence-corrected chi connectivity index (χ3v) is 1.35. The van der Waals surface area contributed by atoms with Crippen LogP contribution in [0.1, 0.15) is 16.9 Å². The summed E-state index contributed by atoms with van der Waals surface area (Å²) in [6, 6.07) is 5.06. The second kappa shape index (κ2) is 4.94. The number of hydrogen-bond donors (Lipinski definition) is 0. The molecule has 1 rings (SSSR count). The molecule has 0 aliphatic heterocycles. The molecule has 0 aliphatic rings. The van der Waals surface area contributed by atoms with E-state index in [1.54, 1.807) is 18.2 Å². The summed E-state index contributed by atoms with van der Waals surface area (Å²) in [6.45, 7) is 0.242. The molecule has 0 amide bonds. The number of carbonyl (C=O) groups excluding carboxylic acids is 1. The zero-order chi connectivity index (χ0) is 9.52. The van der Waals surface area contributed by atoms with Crippen LogP contribution in [0.25, 0.3) is 0 Å². The number of aromatic nitrogens is 1. The Morgan fingerprint density at radius 1 is 1.62 bits per heavy atom. The molecule has 1 aromatic heterocycles. The Morgan fingerprint density at radius 2 is 2.46 bits per heavy atom. The Morgan fingerprint density at radius 3 is 3.08 bits per heavy atom. The second-order valence-electron chi connectivity index (χ2n) is 2.31. The fourth-order valence-electron chi connectivity index (χ4n) is 0.760. The van der Waals surface area contributed by atoms with E-state index in [1.165, 1.54) is 6.20 Å². The first-order chi connectivity index (χ1) is 6.34. The number of nitrogens with zero attached hydrogens (tertiary/aromatic N) is 1. The van der Waals surface area contributed by atoms with Gasteiger partial charge in [-0.1, -0.05) is 6.07 Å². The van der Waals surface area contributed by atoms with Crippen molar-refractivity contribution in [2.24, 2.45) is 0 Å². The van der Waals surface area contributed by atoms with Crippen LogP contribution in [0.15, 0.2) is 24.4 Å². The van der Waals surface area contributed by atoms with E-state index in [-0.39, 0.29) is 6.61 Å². The zero-order valence-electron chi connectivity index (χ0n) is 7.06. The van der Waals surface area contributed by atoms with E-state index >= 15 is 0 Å². The summed E-state index contributed by atoms with van der Waals surface area (Å²) in [5.41, 5.74) is 0.305. The standard InChI is InChI=1S/C10H9NO2/c1-2-3-8-13-10(12)9-6-4-5-7-11-9/h1,4-7H,3,8H2. The first kappa shape index (κ1) is 9.27. The van der Waals surface area contributed by atoms with Gasteiger partial charge in [0.2, 0.25) is 0 Å². The molecule has 0 saturated heterocycles. The van der Waals surface area contributed by atoms with Crippen LogP contribution in [0.4, 0.5) is 0 Å². The van der Waals surface area contributed by atoms with Crippen LogP contribution in [0, 0.1) is 12.3 Å². The molecule has 0 aliphatic carbocycles. The van der Waals surface area contributed by atoms with Crippen LogP contribution >= 0.6 is 0 Å². The molecule has 0 saturated carbocycles. The van der Waals surface area contributed by atoms with Crippen molar-refractivity contribution in [2.45, 2.75) is 6.42 Å². The van der Waals surface area contributed by atoms with E-state index in [2.05, 4.69) is 10.9 Å². The number of hydrogen-bond acceptors (Lipinski definition) is 3. The topological polar surface area (TPSA) is 39.2 Å². The van der Waals surface area contributed by atoms with Crippen LogP contribution in [0.5, 0.6) is 0 Å². The van der Waals surface area contributed by atoms with Crippen molar-refractivity contribution >= 4 is 5.97 Å². The van der Waals surface area contributed by atoms with E-state index < -0.39 is 5.97 Å². The van der Waals surface area contributed by atoms with Gasteiger partial charge in [-0.2, -0.15) is 0 Å². The highest BCUT2D eigenvalue weighted by atomic mass is 16.5. The normalized spacial score (nSPS) is 8.85. The second-order valence-corrected chi connectivity index (χ2v) is 2.31. The predicted molar refractivity (Wildman–Crippen MR) is 48.0 cm³/mol. The minimum absolute atomic E-state index is 0.242. The summed E-state index contributed by atoms with van der Waals surface area (Å²) >= 11 is 0. The lowest BCUT2D eigenvalue weighted by molar-refractivity contribution is 0.0507. The minimum Gasteiger partial charge on any atom is -0.460 e. The fraction of sp³-hybridized carbons (Fsp3) is 0.200. The van der Waals surface area contributed by atoms with Gasteiger partial charge in [-0.25, -0.2) is 9.78 Å². The maximum absolute atomic E-state index is 11.2. The molecular weight excluding hydrogens is 166 g/mol. The SMILES string of the molecule is C#CCCOC(=O)c1ccccn1. The third-order valence-electron chi connectivity index (χ3n) is 1.35. The van der Waals surface area contributed by atoms with Gasteiger partial charge in [-0.05, 0) is 12.1 Å². The highest BCUT2D eigenvalue weighted by molar-refractivity contribution is 5.87. The van der Waals surface area contributed by atoms with Gasteiger partial charge in [-0.15, -0.1) is 12.3 Å². The lowest BCUT2D eigenvalue weighted by atomic mass is 10.3. The Hall–Kier alpha value is -1.82. The number of ether oxygens (including phenoxy) is 1. The fourth-order valence-corrected chi connectivity index (χ4v) is 0.760. The van der Waals surface area contributed by atoms with Crippen molar-refractivity contribution in [1.29, 1.82) is 0 Å². The maximum atomic E-state index is 11.2. The number of carbonyl (C=O) groups is 1. The Bertz CT molecular complexity index is 313. The lowest BCUT2D eigenvalue weighted by Crippen LogP contribution is -2.07. The van der Waals surface area contributed by atoms with Gasteiger partial charge in [-0.3, -0.25) is 0 Å². The first-order valence-electron chi connectivity index (χ1n) is 3.86. The molecule has 1 heterocycles. The molecule has 3 heteroatoms. The predicted octanol–water partition coefficient (Wildman–Crippen LogP) is 1.26. The van der Waals surface area contributed by atoms with Gasteiger partial charge >= 0.3 is 5.97 Å². The monoisotopic (exact) mass is 175 g/mol. The van der Waals surface area contributed by atoms with Crippen molar-refractivity contribution < 1.29 is 9.53 Å². The van der Waals surface area contributed by atoms with E-state index in [0.29, 0.717) is 12.1 Å². The minimum atomic E-state index is -0.434. The van der Waals surface area contributed by atoms with Gasteiger partial charge < -0.3 is 4.74 Å². The average molecular weight is 175 g/mol. The molecule has 3 nitrogen and oxygen atoms in total. The van der Waals surface area contributed by atoms with Gasteiger partial charge in [0.05, 0.1) is 0 Å². The van der Waals surface area contributed by atoms with E-state index in [0.717, 1.165) is 0 Å². The molecule has 0 N–H and O–H groups in total. The highest BCUT2D eigenvalue weighted by Gasteiger charge is 2.05. The van der Waals surface area contributed by atoms with Crippen LogP contribution in [0.2, 0.25) is 0 Å². The summed E-state index contributed by atoms with van der Waals surface area (Å²) in [5.74, 6) is 1.94. The summed E-state index contributed by atoms with van der Waals surface area (Å²) in [4.78, 5) is 15.0. The van der Waals surface area contributed by atoms with Gasteiger partial charge in [0.25, 0.3) is 0 Å². The molecule has 0 spiro atoms. The summed E-state index contributed by atoms with van der Waals surface area (Å²) in [7, 11) is 0. The van der Waals surface area contributed by atoms with Crippen molar-refractivity contribution in [2.75, 3.05) is 6.61 Å². The third kappa shape index (κ3) is 2.96. The number of terminal acetylenes is 1. The van der Waals surface area contributed by atoms with Gasteiger partial charge in [0.1, 0.15) is 12.3 Å². The van der Waals surface area contributed by atoms with Crippen LogP contribution < -0.4 is 0 Å². The van der Waals surface area contributed by atoms with E-state index in [9.17, 15) is 4.79 Å². The van der Waals surface area contributed by atoms with E-state index in [1.807, 2.05) is 0 Å². The maximum Gasteiger partial charge on any atom is 0.356 e. The summed E-state index contributed by atoms with van der Waals surface area (Å²) in [6.07, 6.45) is 6.97. The molecule has 0 unspecified atom stereocenters. The van der Waals surface area contributed by atoms with Gasteiger partial charge in [0, 0.05) is 12.6 Å². The zero-order valence-corrected chi connectivity index (χ0v) is 7.06. The Kier molecular flexibility index (Phi) is 3.52. The molecule has 0 radical (unpaired) electrons. The van der Waals surface area contributed by atoms with E-state index in [4.69, 9.17) is 11.2 Å².